The second-order valence-electron chi connectivity index (χ2n) is 3.67. The van der Waals surface area contributed by atoms with Crippen molar-refractivity contribution in [2.75, 3.05) is 13.7 Å². The van der Waals surface area contributed by atoms with Crippen LogP contribution in [0.25, 0.3) is 0 Å². The highest BCUT2D eigenvalue weighted by atomic mass is 16.5. The molecule has 0 aliphatic rings. The van der Waals surface area contributed by atoms with Crippen LogP contribution >= 0.6 is 0 Å². The smallest absolute Gasteiger partial charge is 0.0462 e. The lowest BCUT2D eigenvalue weighted by atomic mass is 10.2. The van der Waals surface area contributed by atoms with Gasteiger partial charge in [-0.05, 0) is 31.4 Å². The van der Waals surface area contributed by atoms with Gasteiger partial charge in [-0.25, -0.2) is 0 Å². The summed E-state index contributed by atoms with van der Waals surface area (Å²) in [7, 11) is 1.74. The summed E-state index contributed by atoms with van der Waals surface area (Å²) < 4.78 is 7.18. The molecule has 1 aromatic heterocycles. The third-order valence-corrected chi connectivity index (χ3v) is 2.31. The SMILES string of the molecule is COCCCCn1ccc(C(C)N)c1. The lowest BCUT2D eigenvalue weighted by molar-refractivity contribution is 0.191. The van der Waals surface area contributed by atoms with E-state index in [4.69, 9.17) is 10.5 Å². The Morgan fingerprint density at radius 2 is 2.29 bits per heavy atom. The minimum absolute atomic E-state index is 0.134. The van der Waals surface area contributed by atoms with Crippen LogP contribution in [0.4, 0.5) is 0 Å². The molecule has 1 rings (SSSR count). The van der Waals surface area contributed by atoms with Gasteiger partial charge in [-0.2, -0.15) is 0 Å². The third-order valence-electron chi connectivity index (χ3n) is 2.31. The zero-order valence-electron chi connectivity index (χ0n) is 9.07. The van der Waals surface area contributed by atoms with Gasteiger partial charge in [-0.3, -0.25) is 0 Å². The second-order valence-corrected chi connectivity index (χ2v) is 3.67. The normalized spacial score (nSPS) is 13.1. The predicted molar refractivity (Wildman–Crippen MR) is 58.1 cm³/mol. The van der Waals surface area contributed by atoms with Crippen LogP contribution in [0.2, 0.25) is 0 Å². The van der Waals surface area contributed by atoms with E-state index in [9.17, 15) is 0 Å². The fraction of sp³-hybridized carbons (Fsp3) is 0.636. The number of aromatic nitrogens is 1. The van der Waals surface area contributed by atoms with Crippen molar-refractivity contribution in [2.24, 2.45) is 5.73 Å². The van der Waals surface area contributed by atoms with E-state index in [0.717, 1.165) is 26.0 Å². The van der Waals surface area contributed by atoms with Gasteiger partial charge in [0.2, 0.25) is 0 Å². The molecule has 80 valence electrons. The Balaban J connectivity index is 2.29. The van der Waals surface area contributed by atoms with Crippen molar-refractivity contribution in [2.45, 2.75) is 32.4 Å². The van der Waals surface area contributed by atoms with Gasteiger partial charge >= 0.3 is 0 Å². The Labute approximate surface area is 85.9 Å². The van der Waals surface area contributed by atoms with E-state index in [0.29, 0.717) is 0 Å². The van der Waals surface area contributed by atoms with Crippen LogP contribution in [0.1, 0.15) is 31.4 Å². The third kappa shape index (κ3) is 3.52. The highest BCUT2D eigenvalue weighted by Crippen LogP contribution is 2.10. The van der Waals surface area contributed by atoms with Gasteiger partial charge in [0.15, 0.2) is 0 Å². The zero-order chi connectivity index (χ0) is 10.4. The average molecular weight is 196 g/mol. The molecular formula is C11H20N2O. The van der Waals surface area contributed by atoms with Crippen LogP contribution in [0.3, 0.4) is 0 Å². The van der Waals surface area contributed by atoms with E-state index in [2.05, 4.69) is 23.0 Å². The topological polar surface area (TPSA) is 40.2 Å². The molecule has 0 spiro atoms. The largest absolute Gasteiger partial charge is 0.385 e. The minimum atomic E-state index is 0.134. The summed E-state index contributed by atoms with van der Waals surface area (Å²) in [5.74, 6) is 0. The van der Waals surface area contributed by atoms with E-state index in [1.165, 1.54) is 5.56 Å². The Kier molecular flexibility index (Phi) is 4.70. The predicted octanol–water partition coefficient (Wildman–Crippen LogP) is 1.93. The van der Waals surface area contributed by atoms with Crippen molar-refractivity contribution in [1.29, 1.82) is 0 Å². The molecule has 0 aliphatic heterocycles. The van der Waals surface area contributed by atoms with Gasteiger partial charge in [-0.15, -0.1) is 0 Å². The van der Waals surface area contributed by atoms with Crippen molar-refractivity contribution in [3.05, 3.63) is 24.0 Å². The Morgan fingerprint density at radius 3 is 2.86 bits per heavy atom. The molecular weight excluding hydrogens is 176 g/mol. The van der Waals surface area contributed by atoms with Gasteiger partial charge in [0, 0.05) is 38.7 Å². The summed E-state index contributed by atoms with van der Waals surface area (Å²) in [6, 6.07) is 2.22. The molecule has 3 nitrogen and oxygen atoms in total. The Morgan fingerprint density at radius 1 is 1.50 bits per heavy atom. The summed E-state index contributed by atoms with van der Waals surface area (Å²) in [6.07, 6.45) is 6.48. The summed E-state index contributed by atoms with van der Waals surface area (Å²) in [6.45, 7) is 3.90. The first-order chi connectivity index (χ1) is 6.74. The van der Waals surface area contributed by atoms with Crippen molar-refractivity contribution >= 4 is 0 Å². The van der Waals surface area contributed by atoms with Crippen molar-refractivity contribution in [3.8, 4) is 0 Å². The first-order valence-electron chi connectivity index (χ1n) is 5.14. The molecule has 0 amide bonds. The molecule has 0 aromatic carbocycles. The Bertz CT molecular complexity index is 256. The molecule has 1 heterocycles. The zero-order valence-corrected chi connectivity index (χ0v) is 9.07. The molecule has 1 atom stereocenters. The number of methoxy groups -OCH3 is 1. The second kappa shape index (κ2) is 5.83. The summed E-state index contributed by atoms with van der Waals surface area (Å²) in [5.41, 5.74) is 6.98. The van der Waals surface area contributed by atoms with E-state index >= 15 is 0 Å². The first kappa shape index (κ1) is 11.3. The summed E-state index contributed by atoms with van der Waals surface area (Å²) in [4.78, 5) is 0. The monoisotopic (exact) mass is 196 g/mol. The maximum absolute atomic E-state index is 5.77. The van der Waals surface area contributed by atoms with Crippen LogP contribution in [-0.2, 0) is 11.3 Å². The standard InChI is InChI=1S/C11H20N2O/c1-10(12)11-5-7-13(9-11)6-3-4-8-14-2/h5,7,9-10H,3-4,6,8,12H2,1-2H3. The highest BCUT2D eigenvalue weighted by molar-refractivity contribution is 5.13. The molecule has 0 fully saturated rings. The Hall–Kier alpha value is -0.800. The molecule has 1 aromatic rings. The van der Waals surface area contributed by atoms with Crippen molar-refractivity contribution in [3.63, 3.8) is 0 Å². The highest BCUT2D eigenvalue weighted by Gasteiger charge is 2.00. The maximum atomic E-state index is 5.77. The summed E-state index contributed by atoms with van der Waals surface area (Å²) in [5, 5.41) is 0. The molecule has 0 bridgehead atoms. The number of ether oxygens (including phenoxy) is 1. The van der Waals surface area contributed by atoms with Crippen LogP contribution in [0.5, 0.6) is 0 Å². The van der Waals surface area contributed by atoms with Gasteiger partial charge in [-0.1, -0.05) is 0 Å². The fourth-order valence-electron chi connectivity index (χ4n) is 1.41. The maximum Gasteiger partial charge on any atom is 0.0462 e. The van der Waals surface area contributed by atoms with Crippen LogP contribution < -0.4 is 5.73 Å². The molecule has 14 heavy (non-hydrogen) atoms. The number of unbranched alkanes of at least 4 members (excludes halogenated alkanes) is 1. The van der Waals surface area contributed by atoms with Gasteiger partial charge < -0.3 is 15.0 Å². The number of nitrogens with two attached hydrogens (primary N) is 1. The molecule has 3 heteroatoms. The van der Waals surface area contributed by atoms with Crippen LogP contribution in [0, 0.1) is 0 Å². The number of hydrogen-bond acceptors (Lipinski definition) is 2. The molecule has 0 radical (unpaired) electrons. The molecule has 2 N–H and O–H groups in total. The average Bonchev–Trinajstić information content (AvgIpc) is 2.61. The lowest BCUT2D eigenvalue weighted by Crippen LogP contribution is -2.03. The van der Waals surface area contributed by atoms with E-state index < -0.39 is 0 Å². The molecule has 1 unspecified atom stereocenters. The number of hydrogen-bond donors (Lipinski definition) is 1. The van der Waals surface area contributed by atoms with E-state index in [1.54, 1.807) is 7.11 Å². The summed E-state index contributed by atoms with van der Waals surface area (Å²) >= 11 is 0. The van der Waals surface area contributed by atoms with Crippen molar-refractivity contribution < 1.29 is 4.74 Å². The number of rotatable bonds is 6. The number of nitrogens with zero attached hydrogens (tertiary/aromatic N) is 1. The van der Waals surface area contributed by atoms with E-state index in [-0.39, 0.29) is 6.04 Å². The number of aryl methyl sites for hydroxylation is 1. The van der Waals surface area contributed by atoms with Gasteiger partial charge in [0.25, 0.3) is 0 Å². The molecule has 0 saturated carbocycles. The van der Waals surface area contributed by atoms with Gasteiger partial charge in [0.05, 0.1) is 0 Å². The molecule has 0 aliphatic carbocycles. The van der Waals surface area contributed by atoms with Crippen molar-refractivity contribution in [1.82, 2.24) is 4.57 Å². The van der Waals surface area contributed by atoms with Crippen LogP contribution in [-0.4, -0.2) is 18.3 Å². The minimum Gasteiger partial charge on any atom is -0.385 e. The molecule has 0 saturated heterocycles. The lowest BCUT2D eigenvalue weighted by Gasteiger charge is -2.03. The quantitative estimate of drug-likeness (QED) is 0.706. The van der Waals surface area contributed by atoms with E-state index in [1.807, 2.05) is 6.92 Å². The first-order valence-corrected chi connectivity index (χ1v) is 5.14. The van der Waals surface area contributed by atoms with Gasteiger partial charge in [0.1, 0.15) is 0 Å². The fourth-order valence-corrected chi connectivity index (χ4v) is 1.41. The van der Waals surface area contributed by atoms with Crippen LogP contribution in [0.15, 0.2) is 18.5 Å².